The van der Waals surface area contributed by atoms with Crippen LogP contribution in [-0.2, 0) is 14.3 Å². The van der Waals surface area contributed by atoms with Crippen molar-refractivity contribution in [1.82, 2.24) is 10.3 Å². The van der Waals surface area contributed by atoms with Crippen molar-refractivity contribution in [2.45, 2.75) is 18.9 Å². The summed E-state index contributed by atoms with van der Waals surface area (Å²) in [6, 6.07) is 2.06. The first-order valence-corrected chi connectivity index (χ1v) is 6.46. The van der Waals surface area contributed by atoms with E-state index in [0.717, 1.165) is 0 Å². The van der Waals surface area contributed by atoms with Gasteiger partial charge in [0.15, 0.2) is 0 Å². The summed E-state index contributed by atoms with van der Waals surface area (Å²) >= 11 is 3.15. The highest BCUT2D eigenvalue weighted by atomic mass is 79.9. The highest BCUT2D eigenvalue weighted by Crippen LogP contribution is 2.13. The molecule has 1 aromatic heterocycles. The van der Waals surface area contributed by atoms with Gasteiger partial charge in [0.05, 0.1) is 7.11 Å². The van der Waals surface area contributed by atoms with Crippen LogP contribution in [0.2, 0.25) is 0 Å². The number of halogens is 1. The van der Waals surface area contributed by atoms with Crippen LogP contribution in [-0.4, -0.2) is 41.1 Å². The fourth-order valence-corrected chi connectivity index (χ4v) is 1.84. The van der Waals surface area contributed by atoms with Crippen LogP contribution in [0.5, 0.6) is 0 Å². The third kappa shape index (κ3) is 4.61. The molecule has 0 fully saturated rings. The number of ether oxygens (including phenoxy) is 1. The van der Waals surface area contributed by atoms with E-state index < -0.39 is 23.9 Å². The topological polar surface area (TPSA) is 106 Å². The van der Waals surface area contributed by atoms with Gasteiger partial charge in [-0.1, -0.05) is 0 Å². The summed E-state index contributed by atoms with van der Waals surface area (Å²) in [5.41, 5.74) is 0.0804. The number of carboxylic acids is 1. The van der Waals surface area contributed by atoms with Crippen LogP contribution in [0.1, 0.15) is 23.3 Å². The van der Waals surface area contributed by atoms with Crippen LogP contribution in [0, 0.1) is 0 Å². The van der Waals surface area contributed by atoms with E-state index in [2.05, 4.69) is 31.0 Å². The molecule has 0 saturated carbocycles. The minimum atomic E-state index is -1.23. The van der Waals surface area contributed by atoms with E-state index in [1.807, 2.05) is 0 Å². The van der Waals surface area contributed by atoms with Gasteiger partial charge in [-0.3, -0.25) is 9.59 Å². The second-order valence-electron chi connectivity index (χ2n) is 3.81. The SMILES string of the molecule is COC(=O)CC[C@@H](NC(=O)c1ncccc1Br)C(=O)O. The summed E-state index contributed by atoms with van der Waals surface area (Å²) in [5.74, 6) is -2.39. The van der Waals surface area contributed by atoms with Gasteiger partial charge in [-0.25, -0.2) is 9.78 Å². The number of nitrogens with one attached hydrogen (secondary N) is 1. The average molecular weight is 345 g/mol. The number of esters is 1. The Morgan fingerprint density at radius 3 is 2.75 bits per heavy atom. The van der Waals surface area contributed by atoms with Gasteiger partial charge in [-0.15, -0.1) is 0 Å². The average Bonchev–Trinajstić information content (AvgIpc) is 2.42. The van der Waals surface area contributed by atoms with Crippen LogP contribution < -0.4 is 5.32 Å². The lowest BCUT2D eigenvalue weighted by molar-refractivity contribution is -0.142. The van der Waals surface area contributed by atoms with Crippen LogP contribution in [0.4, 0.5) is 0 Å². The van der Waals surface area contributed by atoms with Gasteiger partial charge in [0, 0.05) is 17.1 Å². The summed E-state index contributed by atoms with van der Waals surface area (Å²) in [6.45, 7) is 0. The Hall–Kier alpha value is -1.96. The molecule has 0 bridgehead atoms. The van der Waals surface area contributed by atoms with Crippen molar-refractivity contribution in [3.8, 4) is 0 Å². The number of carbonyl (C=O) groups excluding carboxylic acids is 2. The standard InChI is InChI=1S/C12H13BrN2O5/c1-20-9(16)5-4-8(12(18)19)15-11(17)10-7(13)3-2-6-14-10/h2-3,6,8H,4-5H2,1H3,(H,15,17)(H,18,19)/t8-/m1/s1. The van der Waals surface area contributed by atoms with Crippen molar-refractivity contribution in [2.24, 2.45) is 0 Å². The van der Waals surface area contributed by atoms with Crippen molar-refractivity contribution in [1.29, 1.82) is 0 Å². The molecule has 1 atom stereocenters. The molecule has 0 radical (unpaired) electrons. The molecule has 108 valence electrons. The Bertz CT molecular complexity index is 520. The first-order valence-electron chi connectivity index (χ1n) is 5.66. The molecule has 0 aliphatic rings. The van der Waals surface area contributed by atoms with Crippen molar-refractivity contribution in [3.05, 3.63) is 28.5 Å². The molecule has 2 N–H and O–H groups in total. The zero-order valence-corrected chi connectivity index (χ0v) is 12.2. The van der Waals surface area contributed by atoms with Crippen LogP contribution in [0.15, 0.2) is 22.8 Å². The molecule has 1 aromatic rings. The van der Waals surface area contributed by atoms with E-state index in [-0.39, 0.29) is 18.5 Å². The Morgan fingerprint density at radius 1 is 1.50 bits per heavy atom. The Morgan fingerprint density at radius 2 is 2.20 bits per heavy atom. The van der Waals surface area contributed by atoms with Gasteiger partial charge < -0.3 is 15.2 Å². The first kappa shape index (κ1) is 16.1. The Labute approximate surface area is 123 Å². The quantitative estimate of drug-likeness (QED) is 0.745. The van der Waals surface area contributed by atoms with Crippen molar-refractivity contribution in [3.63, 3.8) is 0 Å². The molecule has 7 nitrogen and oxygen atoms in total. The number of hydrogen-bond donors (Lipinski definition) is 2. The number of carboxylic acid groups (broad SMARTS) is 1. The molecule has 1 amide bonds. The van der Waals surface area contributed by atoms with Crippen LogP contribution in [0.25, 0.3) is 0 Å². The number of nitrogens with zero attached hydrogens (tertiary/aromatic N) is 1. The number of aromatic nitrogens is 1. The Balaban J connectivity index is 2.71. The van der Waals surface area contributed by atoms with E-state index in [1.54, 1.807) is 12.1 Å². The maximum Gasteiger partial charge on any atom is 0.326 e. The number of methoxy groups -OCH3 is 1. The van der Waals surface area contributed by atoms with Crippen LogP contribution in [0.3, 0.4) is 0 Å². The number of rotatable bonds is 6. The summed E-state index contributed by atoms with van der Waals surface area (Å²) < 4.78 is 4.88. The fourth-order valence-electron chi connectivity index (χ4n) is 1.40. The first-order chi connectivity index (χ1) is 9.45. The lowest BCUT2D eigenvalue weighted by atomic mass is 10.1. The van der Waals surface area contributed by atoms with E-state index >= 15 is 0 Å². The summed E-state index contributed by atoms with van der Waals surface area (Å²) in [5, 5.41) is 11.3. The molecular formula is C12H13BrN2O5. The zero-order valence-electron chi connectivity index (χ0n) is 10.6. The molecule has 0 unspecified atom stereocenters. The predicted octanol–water partition coefficient (Wildman–Crippen LogP) is 0.980. The summed E-state index contributed by atoms with van der Waals surface area (Å²) in [4.78, 5) is 37.8. The van der Waals surface area contributed by atoms with Gasteiger partial charge in [0.1, 0.15) is 11.7 Å². The minimum Gasteiger partial charge on any atom is -0.480 e. The molecule has 1 heterocycles. The normalized spacial score (nSPS) is 11.5. The lowest BCUT2D eigenvalue weighted by Gasteiger charge is -2.14. The zero-order chi connectivity index (χ0) is 15.1. The van der Waals surface area contributed by atoms with Gasteiger partial charge in [-0.2, -0.15) is 0 Å². The van der Waals surface area contributed by atoms with E-state index in [1.165, 1.54) is 13.3 Å². The molecule has 8 heteroatoms. The van der Waals surface area contributed by atoms with Crippen molar-refractivity contribution >= 4 is 33.8 Å². The van der Waals surface area contributed by atoms with Crippen LogP contribution >= 0.6 is 15.9 Å². The number of hydrogen-bond acceptors (Lipinski definition) is 5. The third-order valence-electron chi connectivity index (χ3n) is 2.44. The van der Waals surface area contributed by atoms with Gasteiger partial charge in [0.25, 0.3) is 5.91 Å². The van der Waals surface area contributed by atoms with Crippen molar-refractivity contribution < 1.29 is 24.2 Å². The number of carbonyl (C=O) groups is 3. The second-order valence-corrected chi connectivity index (χ2v) is 4.67. The molecule has 0 saturated heterocycles. The van der Waals surface area contributed by atoms with E-state index in [9.17, 15) is 14.4 Å². The monoisotopic (exact) mass is 344 g/mol. The molecule has 20 heavy (non-hydrogen) atoms. The lowest BCUT2D eigenvalue weighted by Crippen LogP contribution is -2.41. The highest BCUT2D eigenvalue weighted by Gasteiger charge is 2.23. The smallest absolute Gasteiger partial charge is 0.326 e. The summed E-state index contributed by atoms with van der Waals surface area (Å²) in [6.07, 6.45) is 1.26. The van der Waals surface area contributed by atoms with Gasteiger partial charge in [-0.05, 0) is 34.5 Å². The maximum absolute atomic E-state index is 11.9. The highest BCUT2D eigenvalue weighted by molar-refractivity contribution is 9.10. The largest absolute Gasteiger partial charge is 0.480 e. The molecule has 0 aromatic carbocycles. The van der Waals surface area contributed by atoms with E-state index in [4.69, 9.17) is 5.11 Å². The van der Waals surface area contributed by atoms with Gasteiger partial charge in [0.2, 0.25) is 0 Å². The molecular weight excluding hydrogens is 332 g/mol. The molecule has 0 aliphatic heterocycles. The van der Waals surface area contributed by atoms with Crippen molar-refractivity contribution in [2.75, 3.05) is 7.11 Å². The number of amides is 1. The third-order valence-corrected chi connectivity index (χ3v) is 3.08. The molecule has 0 spiro atoms. The van der Waals surface area contributed by atoms with E-state index in [0.29, 0.717) is 4.47 Å². The fraction of sp³-hybridized carbons (Fsp3) is 0.333. The molecule has 0 aliphatic carbocycles. The predicted molar refractivity (Wildman–Crippen MR) is 72.1 cm³/mol. The maximum atomic E-state index is 11.9. The Kier molecular flexibility index (Phi) is 6.10. The molecule has 1 rings (SSSR count). The minimum absolute atomic E-state index is 0.0573. The second kappa shape index (κ2) is 7.59. The van der Waals surface area contributed by atoms with Gasteiger partial charge >= 0.3 is 11.9 Å². The number of pyridine rings is 1. The summed E-state index contributed by atoms with van der Waals surface area (Å²) in [7, 11) is 1.21. The number of aliphatic carboxylic acids is 1.